The predicted molar refractivity (Wildman–Crippen MR) is 69.5 cm³/mol. The zero-order chi connectivity index (χ0) is 15.8. The molecule has 0 bridgehead atoms. The van der Waals surface area contributed by atoms with Crippen molar-refractivity contribution < 1.29 is 24.2 Å². The molecule has 0 saturated heterocycles. The minimum Gasteiger partial charge on any atom is -0.480 e. The number of nitrogens with one attached hydrogen (secondary N) is 2. The van der Waals surface area contributed by atoms with Crippen LogP contribution in [0.25, 0.3) is 0 Å². The summed E-state index contributed by atoms with van der Waals surface area (Å²) in [5, 5.41) is 20.6. The maximum atomic E-state index is 11.8. The Labute approximate surface area is 120 Å². The van der Waals surface area contributed by atoms with Gasteiger partial charge in [-0.1, -0.05) is 5.21 Å². The molecule has 1 rings (SSSR count). The molecule has 21 heavy (non-hydrogen) atoms. The van der Waals surface area contributed by atoms with E-state index in [1.54, 1.807) is 0 Å². The number of carbonyl (C=O) groups excluding carboxylic acids is 2. The molecule has 0 aliphatic rings. The highest BCUT2D eigenvalue weighted by molar-refractivity contribution is 5.95. The molecule has 1 heterocycles. The number of hydrogen-bond donors (Lipinski definition) is 3. The maximum Gasteiger partial charge on any atom is 0.325 e. The zero-order valence-electron chi connectivity index (χ0n) is 11.7. The van der Waals surface area contributed by atoms with E-state index in [4.69, 9.17) is 9.84 Å². The highest BCUT2D eigenvalue weighted by Crippen LogP contribution is 1.95. The van der Waals surface area contributed by atoms with Gasteiger partial charge in [0.25, 0.3) is 5.91 Å². The van der Waals surface area contributed by atoms with Crippen LogP contribution >= 0.6 is 0 Å². The molecule has 10 heteroatoms. The van der Waals surface area contributed by atoms with Gasteiger partial charge in [0, 0.05) is 13.7 Å². The van der Waals surface area contributed by atoms with Crippen molar-refractivity contribution in [2.45, 2.75) is 19.5 Å². The maximum absolute atomic E-state index is 11.8. The van der Waals surface area contributed by atoms with Crippen LogP contribution in [0.15, 0.2) is 6.20 Å². The number of rotatable bonds is 8. The van der Waals surface area contributed by atoms with Crippen molar-refractivity contribution in [1.82, 2.24) is 25.6 Å². The van der Waals surface area contributed by atoms with Gasteiger partial charge in [-0.25, -0.2) is 4.68 Å². The van der Waals surface area contributed by atoms with Crippen LogP contribution in [0.1, 0.15) is 17.4 Å². The number of carboxylic acids is 1. The summed E-state index contributed by atoms with van der Waals surface area (Å²) < 4.78 is 5.80. The van der Waals surface area contributed by atoms with E-state index in [-0.39, 0.29) is 11.6 Å². The van der Waals surface area contributed by atoms with E-state index >= 15 is 0 Å². The average Bonchev–Trinajstić information content (AvgIpc) is 2.86. The molecule has 0 aromatic carbocycles. The number of ether oxygens (including phenoxy) is 1. The van der Waals surface area contributed by atoms with Gasteiger partial charge in [-0.3, -0.25) is 14.4 Å². The van der Waals surface area contributed by atoms with Gasteiger partial charge in [0.15, 0.2) is 5.69 Å². The van der Waals surface area contributed by atoms with Gasteiger partial charge >= 0.3 is 5.97 Å². The van der Waals surface area contributed by atoms with Crippen LogP contribution in [-0.4, -0.2) is 64.2 Å². The number of nitrogens with zero attached hydrogens (tertiary/aromatic N) is 3. The summed E-state index contributed by atoms with van der Waals surface area (Å²) in [7, 11) is 1.51. The number of carboxylic acid groups (broad SMARTS) is 1. The Kier molecular flexibility index (Phi) is 6.27. The molecule has 3 N–H and O–H groups in total. The highest BCUT2D eigenvalue weighted by atomic mass is 16.5. The number of carbonyl (C=O) groups is 3. The molecule has 1 aromatic rings. The molecule has 10 nitrogen and oxygen atoms in total. The summed E-state index contributed by atoms with van der Waals surface area (Å²) in [6.45, 7) is 1.83. The lowest BCUT2D eigenvalue weighted by atomic mass is 10.3. The van der Waals surface area contributed by atoms with E-state index in [1.165, 1.54) is 20.2 Å². The van der Waals surface area contributed by atoms with Crippen LogP contribution < -0.4 is 10.6 Å². The highest BCUT2D eigenvalue weighted by Gasteiger charge is 2.18. The standard InChI is InChI=1S/C11H17N5O5/c1-7(10(19)12-3-4-21-2)13-11(20)8-5-16(15-14-8)6-9(17)18/h5,7H,3-4,6H2,1-2H3,(H,12,19)(H,13,20)(H,17,18). The van der Waals surface area contributed by atoms with Crippen molar-refractivity contribution in [3.63, 3.8) is 0 Å². The molecule has 1 unspecified atom stereocenters. The third-order valence-corrected chi connectivity index (χ3v) is 2.41. The van der Waals surface area contributed by atoms with Gasteiger partial charge in [0.2, 0.25) is 5.91 Å². The Balaban J connectivity index is 2.50. The van der Waals surface area contributed by atoms with E-state index in [0.717, 1.165) is 4.68 Å². The van der Waals surface area contributed by atoms with Gasteiger partial charge in [-0.15, -0.1) is 5.10 Å². The summed E-state index contributed by atoms with van der Waals surface area (Å²) in [4.78, 5) is 33.9. The molecule has 0 aliphatic carbocycles. The van der Waals surface area contributed by atoms with Crippen LogP contribution in [0.5, 0.6) is 0 Å². The van der Waals surface area contributed by atoms with Crippen molar-refractivity contribution in [3.05, 3.63) is 11.9 Å². The minimum atomic E-state index is -1.10. The predicted octanol–water partition coefficient (Wildman–Crippen LogP) is -1.76. The summed E-state index contributed by atoms with van der Waals surface area (Å²) >= 11 is 0. The summed E-state index contributed by atoms with van der Waals surface area (Å²) in [6, 6.07) is -0.765. The Morgan fingerprint density at radius 1 is 1.48 bits per heavy atom. The molecule has 116 valence electrons. The molecule has 0 aliphatic heterocycles. The van der Waals surface area contributed by atoms with Gasteiger partial charge < -0.3 is 20.5 Å². The Bertz CT molecular complexity index is 515. The monoisotopic (exact) mass is 299 g/mol. The quantitative estimate of drug-likeness (QED) is 0.484. The number of methoxy groups -OCH3 is 1. The first-order valence-electron chi connectivity index (χ1n) is 6.13. The van der Waals surface area contributed by atoms with E-state index in [1.807, 2.05) is 0 Å². The van der Waals surface area contributed by atoms with Crippen molar-refractivity contribution in [3.8, 4) is 0 Å². The van der Waals surface area contributed by atoms with E-state index in [9.17, 15) is 14.4 Å². The van der Waals surface area contributed by atoms with Crippen LogP contribution in [-0.2, 0) is 20.9 Å². The molecule has 0 saturated carbocycles. The number of aliphatic carboxylic acids is 1. The smallest absolute Gasteiger partial charge is 0.325 e. The van der Waals surface area contributed by atoms with Crippen molar-refractivity contribution in [2.24, 2.45) is 0 Å². The minimum absolute atomic E-state index is 0.0622. The molecular weight excluding hydrogens is 282 g/mol. The van der Waals surface area contributed by atoms with Gasteiger partial charge in [0.1, 0.15) is 12.6 Å². The second kappa shape index (κ2) is 7.94. The van der Waals surface area contributed by atoms with E-state index < -0.39 is 24.5 Å². The fourth-order valence-electron chi connectivity index (χ4n) is 1.38. The van der Waals surface area contributed by atoms with Crippen LogP contribution in [0.2, 0.25) is 0 Å². The summed E-state index contributed by atoms with van der Waals surface area (Å²) in [6.07, 6.45) is 1.19. The Morgan fingerprint density at radius 2 is 2.19 bits per heavy atom. The first kappa shape index (κ1) is 16.6. The Morgan fingerprint density at radius 3 is 2.81 bits per heavy atom. The van der Waals surface area contributed by atoms with Crippen molar-refractivity contribution >= 4 is 17.8 Å². The fraction of sp³-hybridized carbons (Fsp3) is 0.545. The molecule has 0 fully saturated rings. The van der Waals surface area contributed by atoms with Crippen LogP contribution in [0, 0.1) is 0 Å². The van der Waals surface area contributed by atoms with E-state index in [2.05, 4.69) is 20.9 Å². The Hall–Kier alpha value is -2.49. The first-order valence-corrected chi connectivity index (χ1v) is 6.13. The normalized spacial score (nSPS) is 11.7. The lowest BCUT2D eigenvalue weighted by Crippen LogP contribution is -2.45. The molecular formula is C11H17N5O5. The lowest BCUT2D eigenvalue weighted by Gasteiger charge is -2.12. The van der Waals surface area contributed by atoms with Gasteiger partial charge in [-0.05, 0) is 6.92 Å². The lowest BCUT2D eigenvalue weighted by molar-refractivity contribution is -0.138. The van der Waals surface area contributed by atoms with Crippen LogP contribution in [0.4, 0.5) is 0 Å². The SMILES string of the molecule is COCCNC(=O)C(C)NC(=O)c1cn(CC(=O)O)nn1. The largest absolute Gasteiger partial charge is 0.480 e. The number of aromatic nitrogens is 3. The summed E-state index contributed by atoms with van der Waals surface area (Å²) in [5.41, 5.74) is -0.0622. The zero-order valence-corrected chi connectivity index (χ0v) is 11.7. The molecule has 1 atom stereocenters. The first-order chi connectivity index (χ1) is 9.93. The second-order valence-corrected chi connectivity index (χ2v) is 4.17. The van der Waals surface area contributed by atoms with Gasteiger partial charge in [0.05, 0.1) is 12.8 Å². The van der Waals surface area contributed by atoms with Crippen LogP contribution in [0.3, 0.4) is 0 Å². The average molecular weight is 299 g/mol. The van der Waals surface area contributed by atoms with Crippen molar-refractivity contribution in [1.29, 1.82) is 0 Å². The third kappa shape index (κ3) is 5.57. The summed E-state index contributed by atoms with van der Waals surface area (Å²) in [5.74, 6) is -2.07. The third-order valence-electron chi connectivity index (χ3n) is 2.41. The van der Waals surface area contributed by atoms with E-state index in [0.29, 0.717) is 13.2 Å². The fourth-order valence-corrected chi connectivity index (χ4v) is 1.38. The van der Waals surface area contributed by atoms with Crippen molar-refractivity contribution in [2.75, 3.05) is 20.3 Å². The molecule has 2 amide bonds. The number of hydrogen-bond acceptors (Lipinski definition) is 6. The second-order valence-electron chi connectivity index (χ2n) is 4.17. The number of amides is 2. The van der Waals surface area contributed by atoms with Gasteiger partial charge in [-0.2, -0.15) is 0 Å². The topological polar surface area (TPSA) is 135 Å². The molecule has 0 spiro atoms. The molecule has 1 aromatic heterocycles. The molecule has 0 radical (unpaired) electrons.